The Morgan fingerprint density at radius 2 is 1.24 bits per heavy atom. The van der Waals surface area contributed by atoms with E-state index in [1.54, 1.807) is 0 Å². The lowest BCUT2D eigenvalue weighted by molar-refractivity contribution is 0.650. The highest BCUT2D eigenvalue weighted by atomic mass is 16.3. The van der Waals surface area contributed by atoms with Crippen molar-refractivity contribution in [1.82, 2.24) is 0 Å². The quantitative estimate of drug-likeness (QED) is 0.115. The van der Waals surface area contributed by atoms with E-state index < -0.39 is 0 Å². The summed E-state index contributed by atoms with van der Waals surface area (Å²) in [4.78, 5) is 4.97. The highest BCUT2D eigenvalue weighted by Gasteiger charge is 2.30. The van der Waals surface area contributed by atoms with Gasteiger partial charge in [-0.2, -0.15) is 0 Å². The fraction of sp³-hybridized carbons (Fsp3) is 0.296. The minimum atomic E-state index is 0.221. The van der Waals surface area contributed by atoms with Crippen molar-refractivity contribution in [2.45, 2.75) is 120 Å². The average molecular weight is 973 g/mol. The van der Waals surface area contributed by atoms with Crippen molar-refractivity contribution in [1.29, 1.82) is 0 Å². The molecule has 3 heteroatoms. The summed E-state index contributed by atoms with van der Waals surface area (Å²) < 4.78 is 6.82. The molecule has 0 radical (unpaired) electrons. The number of rotatable bonds is 13. The number of hydrogen-bond donors (Lipinski definition) is 0. The van der Waals surface area contributed by atoms with Crippen LogP contribution in [0.3, 0.4) is 0 Å². The van der Waals surface area contributed by atoms with Crippen LogP contribution < -0.4 is 9.80 Å². The van der Waals surface area contributed by atoms with Crippen molar-refractivity contribution in [2.24, 2.45) is 17.8 Å². The van der Waals surface area contributed by atoms with Crippen LogP contribution in [-0.4, -0.2) is 0 Å². The Bertz CT molecular complexity index is 3480. The van der Waals surface area contributed by atoms with E-state index >= 15 is 0 Å². The highest BCUT2D eigenvalue weighted by molar-refractivity contribution is 6.10. The van der Waals surface area contributed by atoms with Crippen LogP contribution in [0.1, 0.15) is 151 Å². The Labute approximate surface area is 442 Å². The second-order valence-corrected chi connectivity index (χ2v) is 22.6. The first-order valence-corrected chi connectivity index (χ1v) is 27.5. The summed E-state index contributed by atoms with van der Waals surface area (Å²) in [5.74, 6) is 2.28. The fourth-order valence-corrected chi connectivity index (χ4v) is 11.7. The number of fused-ring (bicyclic) bond motifs is 4. The Hall–Kier alpha value is -7.10. The van der Waals surface area contributed by atoms with E-state index in [-0.39, 0.29) is 11.8 Å². The summed E-state index contributed by atoms with van der Waals surface area (Å²) in [6.45, 7) is 32.9. The lowest BCUT2D eigenvalue weighted by Crippen LogP contribution is -2.20. The molecule has 2 atom stereocenters. The summed E-state index contributed by atoms with van der Waals surface area (Å²) in [5.41, 5.74) is 25.5. The van der Waals surface area contributed by atoms with Crippen molar-refractivity contribution in [3.63, 3.8) is 0 Å². The molecule has 0 fully saturated rings. The van der Waals surface area contributed by atoms with Gasteiger partial charge >= 0.3 is 0 Å². The van der Waals surface area contributed by atoms with Gasteiger partial charge in [0, 0.05) is 33.4 Å². The third-order valence-electron chi connectivity index (χ3n) is 16.3. The minimum Gasteiger partial charge on any atom is -0.454 e. The molecule has 1 heterocycles. The first-order valence-electron chi connectivity index (χ1n) is 27.5. The lowest BCUT2D eigenvalue weighted by atomic mass is 9.79. The van der Waals surface area contributed by atoms with Gasteiger partial charge in [-0.25, -0.2) is 0 Å². The molecule has 3 nitrogen and oxygen atoms in total. The normalized spacial score (nSPS) is 16.2. The maximum absolute atomic E-state index is 6.82. The van der Waals surface area contributed by atoms with Crippen molar-refractivity contribution < 1.29 is 4.42 Å². The zero-order valence-corrected chi connectivity index (χ0v) is 46.1. The molecule has 7 aromatic rings. The van der Waals surface area contributed by atoms with Crippen LogP contribution in [0.25, 0.3) is 39.7 Å². The maximum Gasteiger partial charge on any atom is 0.159 e. The summed E-state index contributed by atoms with van der Waals surface area (Å²) in [6, 6.07) is 42.9. The first-order chi connectivity index (χ1) is 35.6. The van der Waals surface area contributed by atoms with Gasteiger partial charge in [-0.3, -0.25) is 0 Å². The second kappa shape index (κ2) is 20.7. The van der Waals surface area contributed by atoms with Crippen molar-refractivity contribution in [2.75, 3.05) is 9.80 Å². The summed E-state index contributed by atoms with van der Waals surface area (Å²) in [6.07, 6.45) is 19.7. The molecule has 376 valence electrons. The van der Waals surface area contributed by atoms with E-state index in [0.717, 1.165) is 63.8 Å². The molecule has 0 amide bonds. The number of hydrogen-bond acceptors (Lipinski definition) is 3. The highest BCUT2D eigenvalue weighted by Crippen LogP contribution is 2.49. The molecular weight excluding hydrogens is 897 g/mol. The van der Waals surface area contributed by atoms with E-state index in [1.807, 2.05) is 0 Å². The molecule has 3 aliphatic rings. The largest absolute Gasteiger partial charge is 0.454 e. The van der Waals surface area contributed by atoms with Crippen LogP contribution in [0, 0.1) is 24.7 Å². The molecule has 0 N–H and O–H groups in total. The molecule has 74 heavy (non-hydrogen) atoms. The van der Waals surface area contributed by atoms with E-state index in [0.29, 0.717) is 23.7 Å². The van der Waals surface area contributed by atoms with Gasteiger partial charge in [0.05, 0.1) is 17.1 Å². The number of para-hydroxylation sites is 2. The van der Waals surface area contributed by atoms with Crippen molar-refractivity contribution >= 4 is 68.1 Å². The van der Waals surface area contributed by atoms with Crippen LogP contribution in [-0.2, 0) is 6.42 Å². The number of furan rings is 1. The van der Waals surface area contributed by atoms with E-state index in [9.17, 15) is 0 Å². The van der Waals surface area contributed by atoms with Gasteiger partial charge in [0.1, 0.15) is 5.58 Å². The van der Waals surface area contributed by atoms with Crippen LogP contribution in [0.5, 0.6) is 0 Å². The Kier molecular flexibility index (Phi) is 14.1. The standard InChI is InChI=1S/C71H76N2O/c1-14-48(11)56-36-25-47(10)39-64(56)57-20-17-22-66(50(57)13)72(54-32-27-51(28-33-54)43(2)3)69-42-63(46(8)9)58-37-26-49(12)68(41-62(45(6)7)53-31-38-59(69)65(58)40-53)73(55-34-29-52(30-35-55)44(4)5)67-23-18-21-61-60-19-15-16-24-70(60)74-71(61)67/h15-38,41-48H,12,14,39-40H2,1-11,13H3. The molecule has 2 unspecified atom stereocenters. The SMILES string of the molecule is C=C1C=Cc2c(C(C)C)cc(N(c3ccc(C(C)C)cc3)c3cccc(C4=C(C(C)CC)C=CC(C)C4)c3C)c3c2CC(=C(C(C)C)C=C1N(c1ccc(C(C)C)cc1)c1cccc2c1oc1ccccc12)C=C3. The monoisotopic (exact) mass is 973 g/mol. The molecule has 0 aliphatic heterocycles. The van der Waals surface area contributed by atoms with Gasteiger partial charge in [0.25, 0.3) is 0 Å². The minimum absolute atomic E-state index is 0.221. The number of anilines is 5. The first kappa shape index (κ1) is 50.4. The predicted octanol–water partition coefficient (Wildman–Crippen LogP) is 21.0. The molecule has 1 aromatic heterocycles. The molecule has 10 rings (SSSR count). The Morgan fingerprint density at radius 1 is 0.608 bits per heavy atom. The Morgan fingerprint density at radius 3 is 1.91 bits per heavy atom. The predicted molar refractivity (Wildman–Crippen MR) is 321 cm³/mol. The number of allylic oxidation sites excluding steroid dienone is 9. The smallest absolute Gasteiger partial charge is 0.159 e. The molecule has 3 aliphatic carbocycles. The topological polar surface area (TPSA) is 19.6 Å². The van der Waals surface area contributed by atoms with Crippen LogP contribution >= 0.6 is 0 Å². The zero-order valence-electron chi connectivity index (χ0n) is 46.1. The van der Waals surface area contributed by atoms with Gasteiger partial charge in [-0.1, -0.05) is 186 Å². The summed E-state index contributed by atoms with van der Waals surface area (Å²) in [5, 5.41) is 2.21. The molecule has 0 saturated carbocycles. The van der Waals surface area contributed by atoms with Gasteiger partial charge < -0.3 is 14.2 Å². The van der Waals surface area contributed by atoms with Gasteiger partial charge in [-0.05, 0) is 183 Å². The number of nitrogens with zero attached hydrogens (tertiary/aromatic N) is 2. The summed E-state index contributed by atoms with van der Waals surface area (Å²) in [7, 11) is 0. The number of benzene rings is 6. The van der Waals surface area contributed by atoms with E-state index in [1.165, 1.54) is 83.9 Å². The van der Waals surface area contributed by atoms with Gasteiger partial charge in [0.2, 0.25) is 0 Å². The average Bonchev–Trinajstić information content (AvgIpc) is 3.78. The summed E-state index contributed by atoms with van der Waals surface area (Å²) >= 11 is 0. The molecular formula is C71H76N2O. The third kappa shape index (κ3) is 9.29. The second-order valence-electron chi connectivity index (χ2n) is 22.6. The zero-order chi connectivity index (χ0) is 52.1. The van der Waals surface area contributed by atoms with Gasteiger partial charge in [-0.15, -0.1) is 0 Å². The Balaban J connectivity index is 1.20. The van der Waals surface area contributed by atoms with Crippen LogP contribution in [0.15, 0.2) is 185 Å². The molecule has 0 saturated heterocycles. The van der Waals surface area contributed by atoms with Crippen molar-refractivity contribution in [3.8, 4) is 0 Å². The van der Waals surface area contributed by atoms with Crippen molar-refractivity contribution in [3.05, 3.63) is 225 Å². The molecule has 2 bridgehead atoms. The van der Waals surface area contributed by atoms with Crippen LogP contribution in [0.4, 0.5) is 28.4 Å². The van der Waals surface area contributed by atoms with E-state index in [2.05, 4.69) is 251 Å². The van der Waals surface area contributed by atoms with E-state index in [4.69, 9.17) is 11.0 Å². The van der Waals surface area contributed by atoms with Gasteiger partial charge in [0.15, 0.2) is 5.58 Å². The molecule has 0 spiro atoms. The van der Waals surface area contributed by atoms with Crippen LogP contribution in [0.2, 0.25) is 0 Å². The fourth-order valence-electron chi connectivity index (χ4n) is 11.7. The maximum atomic E-state index is 6.82. The third-order valence-corrected chi connectivity index (χ3v) is 16.3. The lowest BCUT2D eigenvalue weighted by Gasteiger charge is -2.35. The molecule has 6 aromatic carbocycles.